The van der Waals surface area contributed by atoms with Crippen LogP contribution in [0.3, 0.4) is 0 Å². The number of carbonyl (C=O) groups is 1. The smallest absolute Gasteiger partial charge is 0.382 e. The summed E-state index contributed by atoms with van der Waals surface area (Å²) in [4.78, 5) is 34.3. The highest BCUT2D eigenvalue weighted by Gasteiger charge is 2.39. The zero-order valence-corrected chi connectivity index (χ0v) is 22.6. The molecule has 0 saturated heterocycles. The Morgan fingerprint density at radius 3 is 2.57 bits per heavy atom. The summed E-state index contributed by atoms with van der Waals surface area (Å²) >= 11 is 5.92. The van der Waals surface area contributed by atoms with E-state index >= 15 is 0 Å². The molecule has 4 heterocycles. The van der Waals surface area contributed by atoms with Crippen LogP contribution in [0.5, 0.6) is 0 Å². The lowest BCUT2D eigenvalue weighted by Crippen LogP contribution is -2.37. The van der Waals surface area contributed by atoms with Crippen LogP contribution in [-0.4, -0.2) is 72.3 Å². The Morgan fingerprint density at radius 1 is 1.12 bits per heavy atom. The van der Waals surface area contributed by atoms with Gasteiger partial charge in [-0.3, -0.25) is 14.3 Å². The van der Waals surface area contributed by atoms with E-state index in [-0.39, 0.29) is 36.9 Å². The number of pyridine rings is 1. The van der Waals surface area contributed by atoms with Gasteiger partial charge in [0.25, 0.3) is 0 Å². The van der Waals surface area contributed by atoms with E-state index < -0.39 is 24.5 Å². The van der Waals surface area contributed by atoms with E-state index in [0.29, 0.717) is 27.7 Å². The number of rotatable bonds is 10. The van der Waals surface area contributed by atoms with Gasteiger partial charge in [-0.25, -0.2) is 23.8 Å². The van der Waals surface area contributed by atoms with E-state index in [0.717, 1.165) is 9.25 Å². The molecule has 0 aliphatic carbocycles. The Labute approximate surface area is 239 Å². The molecule has 5 aromatic rings. The number of aryl methyl sites for hydroxylation is 1. The minimum Gasteiger partial charge on any atom is -0.382 e. The lowest BCUT2D eigenvalue weighted by atomic mass is 10.1. The fourth-order valence-electron chi connectivity index (χ4n) is 4.09. The standard InChI is InChI=1S/C25H22ClF3N10O3/c1-15-10-36(35-32-15)11-18(40)9-19-20(3-2-8-30-19)39-14-31-22(33-39)13-38-24(42)37(12-21(41)25(27,28)29)23(34-38)16-4-6-17(26)7-5-16/h2-8,10,14,21,41H,9,11-13H2,1H3/t21-/m0/s1. The molecular formula is C25H22ClF3N10O3. The van der Waals surface area contributed by atoms with Crippen molar-refractivity contribution >= 4 is 17.4 Å². The third-order valence-electron chi connectivity index (χ3n) is 6.06. The molecule has 0 saturated carbocycles. The zero-order chi connectivity index (χ0) is 30.0. The molecule has 0 aliphatic heterocycles. The van der Waals surface area contributed by atoms with Gasteiger partial charge in [0.1, 0.15) is 19.4 Å². The summed E-state index contributed by atoms with van der Waals surface area (Å²) < 4.78 is 43.8. The SMILES string of the molecule is Cc1cn(CC(=O)Cc2ncccc2-n2cnc(Cn3nc(-c4ccc(Cl)cc4)n(C[C@H](O)C(F)(F)F)c3=O)n2)nn1. The Morgan fingerprint density at radius 2 is 1.88 bits per heavy atom. The second-order valence-electron chi connectivity index (χ2n) is 9.29. The number of aliphatic hydroxyl groups is 1. The minimum atomic E-state index is -4.95. The fraction of sp³-hybridized carbons (Fsp3) is 0.280. The molecule has 1 N–H and O–H groups in total. The van der Waals surface area contributed by atoms with Gasteiger partial charge in [0, 0.05) is 23.0 Å². The highest BCUT2D eigenvalue weighted by atomic mass is 35.5. The minimum absolute atomic E-state index is 0.00399. The Balaban J connectivity index is 1.40. The van der Waals surface area contributed by atoms with Gasteiger partial charge >= 0.3 is 11.9 Å². The molecule has 0 spiro atoms. The molecule has 0 bridgehead atoms. The molecule has 0 amide bonds. The molecule has 17 heteroatoms. The molecule has 0 aliphatic rings. The third-order valence-corrected chi connectivity index (χ3v) is 6.31. The van der Waals surface area contributed by atoms with E-state index in [2.05, 4.69) is 30.5 Å². The highest BCUT2D eigenvalue weighted by Crippen LogP contribution is 2.24. The molecule has 5 rings (SSSR count). The summed E-state index contributed by atoms with van der Waals surface area (Å²) in [6.45, 7) is 0.408. The van der Waals surface area contributed by atoms with Crippen molar-refractivity contribution in [2.45, 2.75) is 45.3 Å². The van der Waals surface area contributed by atoms with Crippen molar-refractivity contribution in [3.8, 4) is 17.1 Å². The first-order chi connectivity index (χ1) is 20.0. The molecule has 4 aromatic heterocycles. The predicted molar refractivity (Wildman–Crippen MR) is 141 cm³/mol. The predicted octanol–water partition coefficient (Wildman–Crippen LogP) is 2.02. The summed E-state index contributed by atoms with van der Waals surface area (Å²) in [6.07, 6.45) is -3.24. The van der Waals surface area contributed by atoms with Crippen molar-refractivity contribution in [1.29, 1.82) is 0 Å². The topological polar surface area (TPSA) is 151 Å². The molecule has 0 unspecified atom stereocenters. The first kappa shape index (κ1) is 28.8. The number of hydrogen-bond acceptors (Lipinski definition) is 9. The summed E-state index contributed by atoms with van der Waals surface area (Å²) in [6, 6.07) is 9.32. The number of hydrogen-bond donors (Lipinski definition) is 1. The largest absolute Gasteiger partial charge is 0.416 e. The van der Waals surface area contributed by atoms with E-state index in [1.54, 1.807) is 25.3 Å². The van der Waals surface area contributed by atoms with Gasteiger partial charge in [-0.2, -0.15) is 13.2 Å². The highest BCUT2D eigenvalue weighted by molar-refractivity contribution is 6.30. The van der Waals surface area contributed by atoms with Crippen molar-refractivity contribution in [2.75, 3.05) is 0 Å². The number of Topliss-reactive ketones (excluding diaryl/α,β-unsaturated/α-hetero) is 1. The zero-order valence-electron chi connectivity index (χ0n) is 21.8. The number of aromatic nitrogens is 10. The number of benzene rings is 1. The van der Waals surface area contributed by atoms with Crippen molar-refractivity contribution in [3.63, 3.8) is 0 Å². The van der Waals surface area contributed by atoms with Crippen LogP contribution < -0.4 is 5.69 Å². The molecule has 1 atom stereocenters. The van der Waals surface area contributed by atoms with Crippen LogP contribution in [0.15, 0.2) is 59.9 Å². The maximum Gasteiger partial charge on any atom is 0.416 e. The summed E-state index contributed by atoms with van der Waals surface area (Å²) in [5, 5.41) is 26.4. The van der Waals surface area contributed by atoms with Crippen LogP contribution in [0.1, 0.15) is 17.2 Å². The van der Waals surface area contributed by atoms with Crippen molar-refractivity contribution < 1.29 is 23.1 Å². The van der Waals surface area contributed by atoms with Gasteiger partial charge in [0.05, 0.1) is 30.0 Å². The van der Waals surface area contributed by atoms with Crippen LogP contribution in [0.25, 0.3) is 17.1 Å². The number of aliphatic hydroxyl groups excluding tert-OH is 1. The number of alkyl halides is 3. The summed E-state index contributed by atoms with van der Waals surface area (Å²) in [5.41, 5.74) is 0.970. The number of halogens is 4. The molecule has 0 radical (unpaired) electrons. The molecule has 218 valence electrons. The normalized spacial score (nSPS) is 12.5. The van der Waals surface area contributed by atoms with Crippen LogP contribution in [-0.2, 0) is 30.8 Å². The molecule has 1 aromatic carbocycles. The maximum atomic E-state index is 13.1. The third kappa shape index (κ3) is 6.44. The van der Waals surface area contributed by atoms with Crippen molar-refractivity contribution in [1.82, 2.24) is 49.1 Å². The first-order valence-electron chi connectivity index (χ1n) is 12.4. The lowest BCUT2D eigenvalue weighted by molar-refractivity contribution is -0.207. The Kier molecular flexibility index (Phi) is 8.00. The Hall–Kier alpha value is -4.70. The quantitative estimate of drug-likeness (QED) is 0.253. The van der Waals surface area contributed by atoms with E-state index in [1.165, 1.54) is 46.2 Å². The van der Waals surface area contributed by atoms with Gasteiger partial charge in [0.15, 0.2) is 23.5 Å². The van der Waals surface area contributed by atoms with Crippen LogP contribution in [0.4, 0.5) is 13.2 Å². The lowest BCUT2D eigenvalue weighted by Gasteiger charge is -2.15. The molecule has 42 heavy (non-hydrogen) atoms. The van der Waals surface area contributed by atoms with Crippen LogP contribution in [0.2, 0.25) is 5.02 Å². The van der Waals surface area contributed by atoms with Gasteiger partial charge in [0.2, 0.25) is 0 Å². The first-order valence-corrected chi connectivity index (χ1v) is 12.8. The summed E-state index contributed by atoms with van der Waals surface area (Å²) in [7, 11) is 0. The van der Waals surface area contributed by atoms with Crippen LogP contribution in [0, 0.1) is 6.92 Å². The Bertz CT molecular complexity index is 1780. The molecule has 13 nitrogen and oxygen atoms in total. The van der Waals surface area contributed by atoms with Gasteiger partial charge in [-0.15, -0.1) is 15.3 Å². The number of ketones is 1. The monoisotopic (exact) mass is 602 g/mol. The number of nitrogens with zero attached hydrogens (tertiary/aromatic N) is 10. The van der Waals surface area contributed by atoms with E-state index in [1.807, 2.05) is 0 Å². The average Bonchev–Trinajstić information content (AvgIpc) is 3.65. The average molecular weight is 603 g/mol. The van der Waals surface area contributed by atoms with Crippen molar-refractivity contribution in [3.05, 3.63) is 87.8 Å². The second kappa shape index (κ2) is 11.7. The van der Waals surface area contributed by atoms with Gasteiger partial charge in [-0.05, 0) is 43.3 Å². The van der Waals surface area contributed by atoms with Gasteiger partial charge < -0.3 is 5.11 Å². The second-order valence-corrected chi connectivity index (χ2v) is 9.72. The van der Waals surface area contributed by atoms with Crippen LogP contribution >= 0.6 is 11.6 Å². The molecule has 0 fully saturated rings. The van der Waals surface area contributed by atoms with E-state index in [4.69, 9.17) is 11.6 Å². The fourth-order valence-corrected chi connectivity index (χ4v) is 4.21. The van der Waals surface area contributed by atoms with Gasteiger partial charge in [-0.1, -0.05) is 16.8 Å². The van der Waals surface area contributed by atoms with E-state index in [9.17, 15) is 27.9 Å². The number of carbonyl (C=O) groups excluding carboxylic acids is 1. The molecular weight excluding hydrogens is 581 g/mol. The van der Waals surface area contributed by atoms with Crippen molar-refractivity contribution in [2.24, 2.45) is 0 Å². The summed E-state index contributed by atoms with van der Waals surface area (Å²) in [5.74, 6) is -0.164. The maximum absolute atomic E-state index is 13.1.